The number of nitrogens with two attached hydrogens (primary N) is 2. The van der Waals surface area contributed by atoms with E-state index in [1.807, 2.05) is 20.0 Å². The minimum absolute atomic E-state index is 0.146. The first-order valence-corrected chi connectivity index (χ1v) is 3.45. The maximum absolute atomic E-state index is 5.33. The van der Waals surface area contributed by atoms with Gasteiger partial charge in [0, 0.05) is 18.8 Å². The van der Waals surface area contributed by atoms with Crippen molar-refractivity contribution in [2.24, 2.45) is 23.6 Å². The molecule has 1 aromatic rings. The van der Waals surface area contributed by atoms with E-state index in [1.54, 1.807) is 4.68 Å². The first kappa shape index (κ1) is 8.54. The normalized spacial score (nSPS) is 11.8. The van der Waals surface area contributed by atoms with Gasteiger partial charge in [0.25, 0.3) is 0 Å². The molecule has 12 heavy (non-hydrogen) atoms. The summed E-state index contributed by atoms with van der Waals surface area (Å²) in [5.41, 5.74) is 8.56. The number of aryl methyl sites for hydroxylation is 2. The average Bonchev–Trinajstić information content (AvgIpc) is 2.31. The largest absolute Gasteiger partial charge is 0.369 e. The second-order valence-corrected chi connectivity index (χ2v) is 2.41. The second kappa shape index (κ2) is 3.22. The number of hydrogen-bond acceptors (Lipinski definition) is 3. The lowest BCUT2D eigenvalue weighted by Crippen LogP contribution is -2.36. The zero-order chi connectivity index (χ0) is 9.14. The molecule has 66 valence electrons. The molecule has 6 heteroatoms. The fourth-order valence-corrected chi connectivity index (χ4v) is 0.752. The maximum Gasteiger partial charge on any atom is 0.209 e. The summed E-state index contributed by atoms with van der Waals surface area (Å²) in [5.74, 6) is 5.72. The monoisotopic (exact) mass is 168 g/mol. The Balaban J connectivity index is 2.90. The highest BCUT2D eigenvalue weighted by molar-refractivity contribution is 5.79. The van der Waals surface area contributed by atoms with E-state index in [1.165, 1.54) is 0 Å². The van der Waals surface area contributed by atoms with Crippen LogP contribution in [0, 0.1) is 6.92 Å². The molecule has 0 saturated heterocycles. The van der Waals surface area contributed by atoms with Crippen molar-refractivity contribution in [2.75, 3.05) is 0 Å². The Bertz CT molecular complexity index is 279. The number of rotatable bonds is 1. The van der Waals surface area contributed by atoms with Crippen molar-refractivity contribution in [3.05, 3.63) is 11.8 Å². The highest BCUT2D eigenvalue weighted by Gasteiger charge is 1.98. The van der Waals surface area contributed by atoms with Crippen LogP contribution >= 0.6 is 0 Å². The lowest BCUT2D eigenvalue weighted by molar-refractivity contribution is 0.741. The van der Waals surface area contributed by atoms with E-state index in [9.17, 15) is 0 Å². The standard InChI is InChI=1S/C6H12N6/c1-4-3-5(11-12(4)2)9-6(7)10-8/h3H,8H2,1-2H3,(H3,7,9,10,11). The van der Waals surface area contributed by atoms with Crippen molar-refractivity contribution < 1.29 is 0 Å². The molecule has 0 spiro atoms. The van der Waals surface area contributed by atoms with Gasteiger partial charge < -0.3 is 5.73 Å². The highest BCUT2D eigenvalue weighted by Crippen LogP contribution is 2.09. The average molecular weight is 168 g/mol. The van der Waals surface area contributed by atoms with Crippen molar-refractivity contribution in [1.82, 2.24) is 15.2 Å². The lowest BCUT2D eigenvalue weighted by Gasteiger charge is -1.93. The van der Waals surface area contributed by atoms with Crippen molar-refractivity contribution in [3.8, 4) is 0 Å². The molecule has 0 saturated carbocycles. The van der Waals surface area contributed by atoms with E-state index in [2.05, 4.69) is 15.5 Å². The number of nitrogens with zero attached hydrogens (tertiary/aromatic N) is 3. The molecule has 5 N–H and O–H groups in total. The van der Waals surface area contributed by atoms with E-state index in [0.717, 1.165) is 5.69 Å². The van der Waals surface area contributed by atoms with Gasteiger partial charge in [-0.1, -0.05) is 0 Å². The van der Waals surface area contributed by atoms with Crippen LogP contribution in [0.5, 0.6) is 0 Å². The molecule has 0 unspecified atom stereocenters. The summed E-state index contributed by atoms with van der Waals surface area (Å²) in [5, 5.41) is 4.05. The Kier molecular flexibility index (Phi) is 2.29. The van der Waals surface area contributed by atoms with Crippen LogP contribution in [0.3, 0.4) is 0 Å². The molecular formula is C6H12N6. The Morgan fingerprint density at radius 3 is 2.83 bits per heavy atom. The molecule has 6 nitrogen and oxygen atoms in total. The summed E-state index contributed by atoms with van der Waals surface area (Å²) in [6.45, 7) is 1.93. The van der Waals surface area contributed by atoms with Crippen LogP contribution in [-0.4, -0.2) is 15.7 Å². The SMILES string of the molecule is Cc1cc(N=C(N)NN)nn1C. The number of hydrazine groups is 1. The van der Waals surface area contributed by atoms with Gasteiger partial charge in [0.2, 0.25) is 5.96 Å². The van der Waals surface area contributed by atoms with Crippen molar-refractivity contribution in [3.63, 3.8) is 0 Å². The molecule has 0 aliphatic carbocycles. The van der Waals surface area contributed by atoms with Gasteiger partial charge in [-0.05, 0) is 6.92 Å². The van der Waals surface area contributed by atoms with Gasteiger partial charge in [-0.25, -0.2) is 5.84 Å². The van der Waals surface area contributed by atoms with Crippen LogP contribution < -0.4 is 17.0 Å². The van der Waals surface area contributed by atoms with Crippen LogP contribution in [0.1, 0.15) is 5.69 Å². The van der Waals surface area contributed by atoms with E-state index >= 15 is 0 Å². The lowest BCUT2D eigenvalue weighted by atomic mass is 10.5. The Morgan fingerprint density at radius 2 is 2.42 bits per heavy atom. The first-order valence-electron chi connectivity index (χ1n) is 3.45. The van der Waals surface area contributed by atoms with Crippen molar-refractivity contribution in [2.45, 2.75) is 6.92 Å². The quantitative estimate of drug-likeness (QED) is 0.220. The van der Waals surface area contributed by atoms with Gasteiger partial charge in [0.05, 0.1) is 0 Å². The van der Waals surface area contributed by atoms with Gasteiger partial charge in [-0.3, -0.25) is 10.1 Å². The molecule has 1 heterocycles. The molecule has 0 aromatic carbocycles. The van der Waals surface area contributed by atoms with E-state index in [4.69, 9.17) is 11.6 Å². The zero-order valence-corrected chi connectivity index (χ0v) is 7.07. The fourth-order valence-electron chi connectivity index (χ4n) is 0.752. The molecule has 0 fully saturated rings. The number of aliphatic imine (C=N–C) groups is 1. The van der Waals surface area contributed by atoms with Gasteiger partial charge in [0.15, 0.2) is 5.82 Å². The molecular weight excluding hydrogens is 156 g/mol. The van der Waals surface area contributed by atoms with Gasteiger partial charge >= 0.3 is 0 Å². The summed E-state index contributed by atoms with van der Waals surface area (Å²) in [6, 6.07) is 1.81. The van der Waals surface area contributed by atoms with E-state index in [0.29, 0.717) is 5.82 Å². The van der Waals surface area contributed by atoms with E-state index in [-0.39, 0.29) is 5.96 Å². The number of nitrogens with one attached hydrogen (secondary N) is 1. The van der Waals surface area contributed by atoms with Crippen molar-refractivity contribution >= 4 is 11.8 Å². The zero-order valence-electron chi connectivity index (χ0n) is 7.07. The van der Waals surface area contributed by atoms with Gasteiger partial charge in [-0.2, -0.15) is 10.1 Å². The molecule has 0 aliphatic heterocycles. The molecule has 0 bridgehead atoms. The smallest absolute Gasteiger partial charge is 0.209 e. The minimum Gasteiger partial charge on any atom is -0.369 e. The minimum atomic E-state index is 0.146. The molecule has 1 aromatic heterocycles. The highest BCUT2D eigenvalue weighted by atomic mass is 15.3. The Morgan fingerprint density at radius 1 is 1.75 bits per heavy atom. The molecule has 1 rings (SSSR count). The summed E-state index contributed by atoms with van der Waals surface area (Å²) in [7, 11) is 1.83. The predicted molar refractivity (Wildman–Crippen MR) is 46.6 cm³/mol. The third-order valence-corrected chi connectivity index (χ3v) is 1.48. The topological polar surface area (TPSA) is 94.2 Å². The number of guanidine groups is 1. The number of hydrogen-bond donors (Lipinski definition) is 3. The van der Waals surface area contributed by atoms with Crippen LogP contribution in [0.15, 0.2) is 11.1 Å². The van der Waals surface area contributed by atoms with Gasteiger partial charge in [0.1, 0.15) is 0 Å². The first-order chi connectivity index (χ1) is 5.63. The predicted octanol–water partition coefficient (Wildman–Crippen LogP) is -0.862. The van der Waals surface area contributed by atoms with Crippen LogP contribution in [0.4, 0.5) is 5.82 Å². The Labute approximate surface area is 70.2 Å². The summed E-state index contributed by atoms with van der Waals surface area (Å²) in [4.78, 5) is 3.89. The maximum atomic E-state index is 5.33. The summed E-state index contributed by atoms with van der Waals surface area (Å²) >= 11 is 0. The third-order valence-electron chi connectivity index (χ3n) is 1.48. The summed E-state index contributed by atoms with van der Waals surface area (Å²) in [6.07, 6.45) is 0. The number of aromatic nitrogens is 2. The molecule has 0 aliphatic rings. The van der Waals surface area contributed by atoms with Crippen LogP contribution in [-0.2, 0) is 7.05 Å². The Hall–Kier alpha value is -1.56. The van der Waals surface area contributed by atoms with E-state index < -0.39 is 0 Å². The molecule has 0 radical (unpaired) electrons. The van der Waals surface area contributed by atoms with Crippen LogP contribution in [0.2, 0.25) is 0 Å². The molecule has 0 amide bonds. The fraction of sp³-hybridized carbons (Fsp3) is 0.333. The van der Waals surface area contributed by atoms with Gasteiger partial charge in [-0.15, -0.1) is 0 Å². The second-order valence-electron chi connectivity index (χ2n) is 2.41. The third kappa shape index (κ3) is 1.73. The van der Waals surface area contributed by atoms with Crippen LogP contribution in [0.25, 0.3) is 0 Å². The molecule has 0 atom stereocenters. The van der Waals surface area contributed by atoms with Crippen molar-refractivity contribution in [1.29, 1.82) is 0 Å². The summed E-state index contributed by atoms with van der Waals surface area (Å²) < 4.78 is 1.71.